The number of methoxy groups -OCH3 is 3. The van der Waals surface area contributed by atoms with Crippen LogP contribution in [0.2, 0.25) is 5.02 Å². The number of rotatable bonds is 9. The van der Waals surface area contributed by atoms with Gasteiger partial charge < -0.3 is 18.9 Å². The van der Waals surface area contributed by atoms with E-state index < -0.39 is 0 Å². The zero-order valence-electron chi connectivity index (χ0n) is 17.2. The number of ether oxygens (including phenoxy) is 4. The van der Waals surface area contributed by atoms with E-state index in [1.165, 1.54) is 14.2 Å². The van der Waals surface area contributed by atoms with Crippen LogP contribution in [0.5, 0.6) is 23.0 Å². The van der Waals surface area contributed by atoms with Crippen LogP contribution in [-0.4, -0.2) is 33.7 Å². The minimum atomic E-state index is -0.291. The maximum atomic E-state index is 13.5. The monoisotopic (exact) mass is 406 g/mol. The van der Waals surface area contributed by atoms with Gasteiger partial charge in [-0.25, -0.2) is 0 Å². The number of aryl methyl sites for hydroxylation is 1. The molecule has 2 aromatic carbocycles. The second kappa shape index (κ2) is 9.69. The van der Waals surface area contributed by atoms with Crippen molar-refractivity contribution in [1.82, 2.24) is 0 Å². The molecule has 0 aliphatic carbocycles. The van der Waals surface area contributed by atoms with Crippen molar-refractivity contribution in [1.29, 1.82) is 0 Å². The number of benzene rings is 2. The molecule has 0 amide bonds. The zero-order chi connectivity index (χ0) is 20.8. The van der Waals surface area contributed by atoms with E-state index in [0.29, 0.717) is 51.7 Å². The van der Waals surface area contributed by atoms with Crippen LogP contribution < -0.4 is 18.9 Å². The van der Waals surface area contributed by atoms with Crippen molar-refractivity contribution in [3.63, 3.8) is 0 Å². The first kappa shape index (κ1) is 21.9. The SMILES string of the molecule is COc1cc(C)c(C(=O)c2c(Cl)cccc2OC)c(OCCC(C)C)c1OC. The standard InChI is InChI=1S/C22H27ClO5/c1-13(2)10-11-28-22-18(14(3)12-17(26-5)21(22)27-6)20(24)19-15(23)8-7-9-16(19)25-4/h7-9,12-13H,10-11H2,1-6H3. The molecule has 0 aliphatic rings. The van der Waals surface area contributed by atoms with Crippen LogP contribution >= 0.6 is 11.6 Å². The molecule has 28 heavy (non-hydrogen) atoms. The molecule has 152 valence electrons. The molecular formula is C22H27ClO5. The molecule has 6 heteroatoms. The fourth-order valence-electron chi connectivity index (χ4n) is 2.92. The summed E-state index contributed by atoms with van der Waals surface area (Å²) in [6.45, 7) is 6.49. The molecule has 0 fully saturated rings. The first-order valence-corrected chi connectivity index (χ1v) is 9.49. The summed E-state index contributed by atoms with van der Waals surface area (Å²) in [5.41, 5.74) is 1.37. The number of ketones is 1. The molecule has 0 spiro atoms. The average molecular weight is 407 g/mol. The van der Waals surface area contributed by atoms with E-state index in [4.69, 9.17) is 30.5 Å². The largest absolute Gasteiger partial charge is 0.496 e. The highest BCUT2D eigenvalue weighted by Gasteiger charge is 2.28. The van der Waals surface area contributed by atoms with Crippen molar-refractivity contribution in [2.24, 2.45) is 5.92 Å². The van der Waals surface area contributed by atoms with E-state index >= 15 is 0 Å². The molecule has 0 aromatic heterocycles. The van der Waals surface area contributed by atoms with E-state index in [1.807, 2.05) is 6.92 Å². The van der Waals surface area contributed by atoms with E-state index in [9.17, 15) is 4.79 Å². The summed E-state index contributed by atoms with van der Waals surface area (Å²) in [5.74, 6) is 1.81. The molecule has 0 saturated carbocycles. The lowest BCUT2D eigenvalue weighted by molar-refractivity contribution is 0.103. The summed E-state index contributed by atoms with van der Waals surface area (Å²) < 4.78 is 22.4. The van der Waals surface area contributed by atoms with Crippen LogP contribution in [0.3, 0.4) is 0 Å². The van der Waals surface area contributed by atoms with E-state index in [0.717, 1.165) is 6.42 Å². The Labute approximate surface area is 171 Å². The summed E-state index contributed by atoms with van der Waals surface area (Å²) in [5, 5.41) is 0.312. The summed E-state index contributed by atoms with van der Waals surface area (Å²) in [6.07, 6.45) is 0.836. The van der Waals surface area contributed by atoms with Gasteiger partial charge in [-0.2, -0.15) is 0 Å². The minimum Gasteiger partial charge on any atom is -0.496 e. The lowest BCUT2D eigenvalue weighted by Crippen LogP contribution is -2.13. The van der Waals surface area contributed by atoms with Crippen LogP contribution in [-0.2, 0) is 0 Å². The van der Waals surface area contributed by atoms with Gasteiger partial charge in [-0.3, -0.25) is 4.79 Å². The Balaban J connectivity index is 2.66. The fraction of sp³-hybridized carbons (Fsp3) is 0.409. The second-order valence-electron chi connectivity index (χ2n) is 6.81. The maximum Gasteiger partial charge on any atom is 0.204 e. The summed E-state index contributed by atoms with van der Waals surface area (Å²) in [6, 6.07) is 6.85. The Morgan fingerprint density at radius 3 is 2.25 bits per heavy atom. The Hall–Kier alpha value is -2.40. The number of hydrogen-bond donors (Lipinski definition) is 0. The second-order valence-corrected chi connectivity index (χ2v) is 7.22. The van der Waals surface area contributed by atoms with Crippen molar-refractivity contribution < 1.29 is 23.7 Å². The fourth-order valence-corrected chi connectivity index (χ4v) is 3.17. The molecule has 0 saturated heterocycles. The van der Waals surface area contributed by atoms with Gasteiger partial charge in [-0.15, -0.1) is 0 Å². The Morgan fingerprint density at radius 2 is 1.68 bits per heavy atom. The summed E-state index contributed by atoms with van der Waals surface area (Å²) >= 11 is 6.34. The predicted octanol–water partition coefficient (Wildman–Crippen LogP) is 5.33. The van der Waals surface area contributed by atoms with E-state index in [1.54, 1.807) is 31.4 Å². The number of carbonyl (C=O) groups is 1. The molecule has 5 nitrogen and oxygen atoms in total. The smallest absolute Gasteiger partial charge is 0.204 e. The molecule has 0 unspecified atom stereocenters. The molecule has 0 radical (unpaired) electrons. The number of halogens is 1. The molecule has 0 atom stereocenters. The van der Waals surface area contributed by atoms with Gasteiger partial charge in [0.2, 0.25) is 11.5 Å². The van der Waals surface area contributed by atoms with Crippen LogP contribution in [0, 0.1) is 12.8 Å². The molecule has 2 rings (SSSR count). The van der Waals surface area contributed by atoms with Gasteiger partial charge >= 0.3 is 0 Å². The molecular weight excluding hydrogens is 380 g/mol. The lowest BCUT2D eigenvalue weighted by Gasteiger charge is -2.20. The van der Waals surface area contributed by atoms with Crippen molar-refractivity contribution >= 4 is 17.4 Å². The Morgan fingerprint density at radius 1 is 1.00 bits per heavy atom. The highest BCUT2D eigenvalue weighted by atomic mass is 35.5. The summed E-state index contributed by atoms with van der Waals surface area (Å²) in [7, 11) is 4.57. The van der Waals surface area contributed by atoms with Gasteiger partial charge in [0.1, 0.15) is 5.75 Å². The highest BCUT2D eigenvalue weighted by molar-refractivity contribution is 6.35. The van der Waals surface area contributed by atoms with Gasteiger partial charge in [0.15, 0.2) is 11.5 Å². The lowest BCUT2D eigenvalue weighted by atomic mass is 9.96. The van der Waals surface area contributed by atoms with Crippen LogP contribution in [0.15, 0.2) is 24.3 Å². The number of carbonyl (C=O) groups excluding carboxylic acids is 1. The normalized spacial score (nSPS) is 10.7. The molecule has 2 aromatic rings. The van der Waals surface area contributed by atoms with Crippen molar-refractivity contribution in [3.05, 3.63) is 46.0 Å². The van der Waals surface area contributed by atoms with Crippen molar-refractivity contribution in [2.75, 3.05) is 27.9 Å². The molecule has 0 aliphatic heterocycles. The Kier molecular flexibility index (Phi) is 7.58. The predicted molar refractivity (Wildman–Crippen MR) is 111 cm³/mol. The van der Waals surface area contributed by atoms with Gasteiger partial charge in [0, 0.05) is 0 Å². The third-order valence-corrected chi connectivity index (χ3v) is 4.73. The van der Waals surface area contributed by atoms with E-state index in [-0.39, 0.29) is 11.3 Å². The van der Waals surface area contributed by atoms with Gasteiger partial charge in [0.05, 0.1) is 44.1 Å². The van der Waals surface area contributed by atoms with Crippen LogP contribution in [0.25, 0.3) is 0 Å². The van der Waals surface area contributed by atoms with E-state index in [2.05, 4.69) is 13.8 Å². The highest BCUT2D eigenvalue weighted by Crippen LogP contribution is 2.44. The van der Waals surface area contributed by atoms with Crippen LogP contribution in [0.4, 0.5) is 0 Å². The number of hydrogen-bond acceptors (Lipinski definition) is 5. The third-order valence-electron chi connectivity index (χ3n) is 4.41. The topological polar surface area (TPSA) is 54.0 Å². The maximum absolute atomic E-state index is 13.5. The van der Waals surface area contributed by atoms with Crippen LogP contribution in [0.1, 0.15) is 41.8 Å². The summed E-state index contributed by atoms with van der Waals surface area (Å²) in [4.78, 5) is 13.5. The molecule has 0 N–H and O–H groups in total. The minimum absolute atomic E-state index is 0.288. The molecule has 0 heterocycles. The van der Waals surface area contributed by atoms with Gasteiger partial charge in [0.25, 0.3) is 0 Å². The van der Waals surface area contributed by atoms with Crippen molar-refractivity contribution in [2.45, 2.75) is 27.2 Å². The van der Waals surface area contributed by atoms with Gasteiger partial charge in [-0.1, -0.05) is 31.5 Å². The van der Waals surface area contributed by atoms with Gasteiger partial charge in [-0.05, 0) is 43.0 Å². The Bertz CT molecular complexity index is 845. The molecule has 0 bridgehead atoms. The van der Waals surface area contributed by atoms with Crippen molar-refractivity contribution in [3.8, 4) is 23.0 Å². The first-order valence-electron chi connectivity index (χ1n) is 9.11. The quantitative estimate of drug-likeness (QED) is 0.527. The average Bonchev–Trinajstić information content (AvgIpc) is 2.66. The zero-order valence-corrected chi connectivity index (χ0v) is 18.0. The first-order chi connectivity index (χ1) is 13.3. The third kappa shape index (κ3) is 4.53.